The third kappa shape index (κ3) is 7.64. The molecule has 7 N–H and O–H groups in total. The van der Waals surface area contributed by atoms with Crippen molar-refractivity contribution >= 4 is 11.9 Å². The van der Waals surface area contributed by atoms with Crippen LogP contribution in [0.4, 0.5) is 4.79 Å². The third-order valence-electron chi connectivity index (χ3n) is 10.5. The average molecular weight is 547 g/mol. The van der Waals surface area contributed by atoms with Gasteiger partial charge in [-0.3, -0.25) is 20.7 Å². The molecule has 0 spiro atoms. The van der Waals surface area contributed by atoms with E-state index in [0.29, 0.717) is 47.8 Å². The first kappa shape index (κ1) is 29.0. The predicted molar refractivity (Wildman–Crippen MR) is 154 cm³/mol. The second-order valence-corrected chi connectivity index (χ2v) is 13.0. The van der Waals surface area contributed by atoms with Gasteiger partial charge >= 0.3 is 6.03 Å². The molecule has 0 aromatic heterocycles. The number of hydrogen-bond donors (Lipinski definition) is 7. The van der Waals surface area contributed by atoms with Gasteiger partial charge in [0.2, 0.25) is 5.91 Å². The van der Waals surface area contributed by atoms with Crippen molar-refractivity contribution in [1.29, 1.82) is 0 Å². The number of urea groups is 1. The van der Waals surface area contributed by atoms with Gasteiger partial charge in [-0.05, 0) is 95.1 Å². The molecule has 3 aliphatic heterocycles. The molecule has 2 saturated carbocycles. The molecule has 7 atom stereocenters. The highest BCUT2D eigenvalue weighted by atomic mass is 16.2. The molecule has 222 valence electrons. The van der Waals surface area contributed by atoms with Crippen molar-refractivity contribution in [2.75, 3.05) is 46.3 Å². The second-order valence-electron chi connectivity index (χ2n) is 13.0. The van der Waals surface area contributed by atoms with E-state index in [0.717, 1.165) is 71.4 Å². The molecule has 3 amide bonds. The fourth-order valence-electron chi connectivity index (χ4n) is 8.02. The van der Waals surface area contributed by atoms with E-state index >= 15 is 0 Å². The van der Waals surface area contributed by atoms with Crippen LogP contribution in [0.1, 0.15) is 71.1 Å². The van der Waals surface area contributed by atoms with E-state index < -0.39 is 0 Å². The van der Waals surface area contributed by atoms with E-state index in [1.807, 2.05) is 0 Å². The quantitative estimate of drug-likeness (QED) is 0.264. The van der Waals surface area contributed by atoms with Crippen LogP contribution in [-0.2, 0) is 4.79 Å². The summed E-state index contributed by atoms with van der Waals surface area (Å²) in [7, 11) is 1.68. The van der Waals surface area contributed by atoms with Crippen molar-refractivity contribution in [1.82, 2.24) is 42.1 Å². The summed E-state index contributed by atoms with van der Waals surface area (Å²) in [4.78, 5) is 27.1. The zero-order valence-corrected chi connectivity index (χ0v) is 24.3. The lowest BCUT2D eigenvalue weighted by Gasteiger charge is -2.45. The van der Waals surface area contributed by atoms with E-state index in [1.54, 1.807) is 7.05 Å². The monoisotopic (exact) mass is 546 g/mol. The van der Waals surface area contributed by atoms with Crippen LogP contribution >= 0.6 is 0 Å². The summed E-state index contributed by atoms with van der Waals surface area (Å²) in [5.74, 6) is 2.38. The van der Waals surface area contributed by atoms with Crippen molar-refractivity contribution in [3.63, 3.8) is 0 Å². The fourth-order valence-corrected chi connectivity index (χ4v) is 8.02. The minimum absolute atomic E-state index is 0.0566. The maximum Gasteiger partial charge on any atom is 0.314 e. The first-order valence-electron chi connectivity index (χ1n) is 16.0. The summed E-state index contributed by atoms with van der Waals surface area (Å²) in [6.45, 7) is 7.93. The molecule has 5 aliphatic rings. The lowest BCUT2D eigenvalue weighted by atomic mass is 9.74. The zero-order chi connectivity index (χ0) is 27.2. The number of nitrogens with one attached hydrogen (secondary N) is 7. The van der Waals surface area contributed by atoms with Gasteiger partial charge in [0.1, 0.15) is 6.29 Å². The van der Waals surface area contributed by atoms with Crippen LogP contribution in [0.5, 0.6) is 0 Å². The van der Waals surface area contributed by atoms with Gasteiger partial charge in [-0.25, -0.2) is 4.79 Å². The van der Waals surface area contributed by atoms with Crippen LogP contribution in [0.25, 0.3) is 0 Å². The number of hydrogen-bond acceptors (Lipinski definition) is 7. The first-order chi connectivity index (χ1) is 19.0. The van der Waals surface area contributed by atoms with Crippen LogP contribution in [0.3, 0.4) is 0 Å². The fraction of sp³-hybridized carbons (Fsp3) is 0.931. The Balaban J connectivity index is 1.09. The maximum absolute atomic E-state index is 13.3. The normalized spacial score (nSPS) is 40.1. The van der Waals surface area contributed by atoms with E-state index in [-0.39, 0.29) is 18.2 Å². The Hall–Kier alpha value is -1.46. The minimum Gasteiger partial charge on any atom is -0.341 e. The molecule has 10 heteroatoms. The Morgan fingerprint density at radius 3 is 2.28 bits per heavy atom. The van der Waals surface area contributed by atoms with Gasteiger partial charge in [0.25, 0.3) is 0 Å². The number of rotatable bonds is 6. The Bertz CT molecular complexity index is 800. The van der Waals surface area contributed by atoms with E-state index in [9.17, 15) is 9.59 Å². The number of carbonyl (C=O) groups is 2. The van der Waals surface area contributed by atoms with Gasteiger partial charge < -0.3 is 26.2 Å². The van der Waals surface area contributed by atoms with Gasteiger partial charge in [-0.15, -0.1) is 0 Å². The lowest BCUT2D eigenvalue weighted by molar-refractivity contribution is -0.139. The third-order valence-corrected chi connectivity index (χ3v) is 10.5. The topological polar surface area (TPSA) is 122 Å². The molecule has 0 bridgehead atoms. The Morgan fingerprint density at radius 1 is 0.769 bits per heavy atom. The summed E-state index contributed by atoms with van der Waals surface area (Å²) in [6.07, 6.45) is 11.5. The molecule has 7 unspecified atom stereocenters. The molecule has 3 heterocycles. The molecule has 0 radical (unpaired) electrons. The van der Waals surface area contributed by atoms with Gasteiger partial charge in [0, 0.05) is 63.3 Å². The van der Waals surface area contributed by atoms with Crippen molar-refractivity contribution in [3.05, 3.63) is 0 Å². The predicted octanol–water partition coefficient (Wildman–Crippen LogP) is 0.904. The van der Waals surface area contributed by atoms with E-state index in [4.69, 9.17) is 0 Å². The van der Waals surface area contributed by atoms with E-state index in [1.165, 1.54) is 32.1 Å². The van der Waals surface area contributed by atoms with Crippen molar-refractivity contribution in [2.45, 2.75) is 102 Å². The molecule has 0 aromatic rings. The van der Waals surface area contributed by atoms with Crippen molar-refractivity contribution < 1.29 is 9.59 Å². The highest BCUT2D eigenvalue weighted by molar-refractivity contribution is 5.79. The number of piperidine rings is 1. The number of nitrogens with zero attached hydrogens (tertiary/aromatic N) is 1. The number of piperazine rings is 1. The zero-order valence-electron chi connectivity index (χ0n) is 24.3. The molecule has 2 aliphatic carbocycles. The Morgan fingerprint density at radius 2 is 1.51 bits per heavy atom. The molecule has 39 heavy (non-hydrogen) atoms. The average Bonchev–Trinajstić information content (AvgIpc) is 2.99. The van der Waals surface area contributed by atoms with Gasteiger partial charge in [-0.2, -0.15) is 0 Å². The number of carbonyl (C=O) groups excluding carboxylic acids is 2. The highest BCUT2D eigenvalue weighted by Gasteiger charge is 2.38. The van der Waals surface area contributed by atoms with Crippen LogP contribution in [0.15, 0.2) is 0 Å². The molecule has 5 fully saturated rings. The summed E-state index contributed by atoms with van der Waals surface area (Å²) in [6, 6.07) is 1.75. The van der Waals surface area contributed by atoms with E-state index in [2.05, 4.69) is 49.0 Å². The van der Waals surface area contributed by atoms with Crippen LogP contribution in [0, 0.1) is 23.7 Å². The van der Waals surface area contributed by atoms with Crippen LogP contribution in [-0.4, -0.2) is 93.6 Å². The minimum atomic E-state index is -0.0566. The highest BCUT2D eigenvalue weighted by Crippen LogP contribution is 2.34. The maximum atomic E-state index is 13.3. The van der Waals surface area contributed by atoms with Crippen LogP contribution < -0.4 is 37.2 Å². The van der Waals surface area contributed by atoms with Gasteiger partial charge in [-0.1, -0.05) is 6.92 Å². The largest absolute Gasteiger partial charge is 0.341 e. The SMILES string of the molecule is CNC(=O)NC1CCC(C2CC(C3CCNC(NC4CCC(C)C(C(=O)N5CCNCC5)C4)N3)CCN2)CC1. The standard InChI is InChI=1S/C29H54N8O2/c1-19-3-6-23(18-24(19)27(38)37-15-13-31-14-16-37)34-28-33-12-10-25(36-28)21-9-11-32-26(17-21)20-4-7-22(8-5-20)35-29(39)30-2/h19-26,28,31-34,36H,3-18H2,1-2H3,(H2,30,35,39). The summed E-state index contributed by atoms with van der Waals surface area (Å²) in [5.41, 5.74) is 0. The summed E-state index contributed by atoms with van der Waals surface area (Å²) in [5, 5.41) is 24.5. The first-order valence-corrected chi connectivity index (χ1v) is 16.0. The van der Waals surface area contributed by atoms with Crippen LogP contribution in [0.2, 0.25) is 0 Å². The molecular formula is C29H54N8O2. The molecule has 3 saturated heterocycles. The Labute approximate surface area is 235 Å². The second kappa shape index (κ2) is 13.9. The van der Waals surface area contributed by atoms with Crippen molar-refractivity contribution in [3.8, 4) is 0 Å². The van der Waals surface area contributed by atoms with Gasteiger partial charge in [0.15, 0.2) is 0 Å². The smallest absolute Gasteiger partial charge is 0.314 e. The van der Waals surface area contributed by atoms with Gasteiger partial charge in [0.05, 0.1) is 0 Å². The molecule has 0 aromatic carbocycles. The molecule has 10 nitrogen and oxygen atoms in total. The Kier molecular flexibility index (Phi) is 10.4. The number of amides is 3. The molecular weight excluding hydrogens is 492 g/mol. The van der Waals surface area contributed by atoms with Crippen molar-refractivity contribution in [2.24, 2.45) is 23.7 Å². The summed E-state index contributed by atoms with van der Waals surface area (Å²) >= 11 is 0. The lowest BCUT2D eigenvalue weighted by Crippen LogP contribution is -2.65. The summed E-state index contributed by atoms with van der Waals surface area (Å²) < 4.78 is 0. The molecule has 5 rings (SSSR count).